The van der Waals surface area contributed by atoms with Crippen molar-refractivity contribution in [1.29, 1.82) is 0 Å². The van der Waals surface area contributed by atoms with Gasteiger partial charge in [0, 0.05) is 12.6 Å². The quantitative estimate of drug-likeness (QED) is 0.657. The van der Waals surface area contributed by atoms with E-state index in [1.807, 2.05) is 38.1 Å². The molecule has 0 saturated heterocycles. The Morgan fingerprint density at radius 3 is 2.86 bits per heavy atom. The predicted octanol–water partition coefficient (Wildman–Crippen LogP) is 2.62. The molecule has 22 heavy (non-hydrogen) atoms. The highest BCUT2D eigenvalue weighted by Crippen LogP contribution is 2.22. The zero-order valence-corrected chi connectivity index (χ0v) is 13.4. The van der Waals surface area contributed by atoms with E-state index in [9.17, 15) is 9.59 Å². The minimum absolute atomic E-state index is 0.268. The number of esters is 1. The summed E-state index contributed by atoms with van der Waals surface area (Å²) in [6, 6.07) is 7.75. The van der Waals surface area contributed by atoms with E-state index in [0.29, 0.717) is 12.5 Å². The maximum Gasteiger partial charge on any atom is 0.331 e. The Balaban J connectivity index is 1.82. The molecular formula is C16H18N2O3S. The number of fused-ring (bicyclic) bond motifs is 1. The third kappa shape index (κ3) is 4.96. The number of hydrogen-bond acceptors (Lipinski definition) is 5. The van der Waals surface area contributed by atoms with E-state index >= 15 is 0 Å². The van der Waals surface area contributed by atoms with Crippen LogP contribution in [0.5, 0.6) is 0 Å². The van der Waals surface area contributed by atoms with Gasteiger partial charge in [-0.3, -0.25) is 4.79 Å². The van der Waals surface area contributed by atoms with Crippen LogP contribution in [-0.4, -0.2) is 30.0 Å². The van der Waals surface area contributed by atoms with E-state index in [2.05, 4.69) is 10.3 Å². The van der Waals surface area contributed by atoms with Crippen molar-refractivity contribution >= 4 is 39.5 Å². The molecule has 0 aliphatic carbocycles. The van der Waals surface area contributed by atoms with Gasteiger partial charge in [0.2, 0.25) is 0 Å². The highest BCUT2D eigenvalue weighted by atomic mass is 32.1. The summed E-state index contributed by atoms with van der Waals surface area (Å²) < 4.78 is 5.93. The van der Waals surface area contributed by atoms with Crippen molar-refractivity contribution in [3.05, 3.63) is 35.3 Å². The van der Waals surface area contributed by atoms with Crippen molar-refractivity contribution in [3.63, 3.8) is 0 Å². The molecule has 0 saturated carbocycles. The van der Waals surface area contributed by atoms with E-state index in [1.165, 1.54) is 17.4 Å². The Hall–Kier alpha value is -2.21. The fourth-order valence-electron chi connectivity index (χ4n) is 1.65. The third-order valence-corrected chi connectivity index (χ3v) is 3.73. The molecule has 0 aliphatic rings. The molecule has 0 atom stereocenters. The van der Waals surface area contributed by atoms with Crippen LogP contribution in [0.3, 0.4) is 0 Å². The molecule has 116 valence electrons. The standard InChI is InChI=1S/C16H18N2O3S/c1-11(2)9-17-14(19)10-21-16(20)8-7-15-18-12-5-3-4-6-13(12)22-15/h3-8,11H,9-10H2,1-2H3,(H,17,19)/b8-7+. The summed E-state index contributed by atoms with van der Waals surface area (Å²) in [5.74, 6) is -0.493. The maximum atomic E-state index is 11.6. The molecule has 1 N–H and O–H groups in total. The van der Waals surface area contributed by atoms with Crippen LogP contribution in [0, 0.1) is 5.92 Å². The Morgan fingerprint density at radius 2 is 2.14 bits per heavy atom. The molecule has 0 unspecified atom stereocenters. The number of nitrogens with one attached hydrogen (secondary N) is 1. The molecular weight excluding hydrogens is 300 g/mol. The molecule has 0 radical (unpaired) electrons. The maximum absolute atomic E-state index is 11.6. The summed E-state index contributed by atoms with van der Waals surface area (Å²) in [6.45, 7) is 4.29. The summed E-state index contributed by atoms with van der Waals surface area (Å²) in [7, 11) is 0. The second kappa shape index (κ2) is 7.70. The van der Waals surface area contributed by atoms with E-state index < -0.39 is 5.97 Å². The normalized spacial score (nSPS) is 11.2. The number of carbonyl (C=O) groups is 2. The minimum Gasteiger partial charge on any atom is -0.452 e. The van der Waals surface area contributed by atoms with Gasteiger partial charge in [-0.2, -0.15) is 0 Å². The number of nitrogens with zero attached hydrogens (tertiary/aromatic N) is 1. The van der Waals surface area contributed by atoms with Crippen LogP contribution in [0.25, 0.3) is 16.3 Å². The molecule has 1 amide bonds. The number of aromatic nitrogens is 1. The Labute approximate surface area is 133 Å². The first-order valence-electron chi connectivity index (χ1n) is 7.01. The lowest BCUT2D eigenvalue weighted by molar-refractivity contribution is -0.143. The van der Waals surface area contributed by atoms with E-state index in [0.717, 1.165) is 15.2 Å². The van der Waals surface area contributed by atoms with Crippen LogP contribution in [-0.2, 0) is 14.3 Å². The average molecular weight is 318 g/mol. The zero-order chi connectivity index (χ0) is 15.9. The van der Waals surface area contributed by atoms with Crippen molar-refractivity contribution in [3.8, 4) is 0 Å². The molecule has 1 aromatic carbocycles. The van der Waals surface area contributed by atoms with Gasteiger partial charge in [0.15, 0.2) is 6.61 Å². The van der Waals surface area contributed by atoms with Gasteiger partial charge in [0.05, 0.1) is 10.2 Å². The molecule has 5 nitrogen and oxygen atoms in total. The van der Waals surface area contributed by atoms with Gasteiger partial charge in [-0.25, -0.2) is 9.78 Å². The summed E-state index contributed by atoms with van der Waals surface area (Å²) in [4.78, 5) is 27.4. The summed E-state index contributed by atoms with van der Waals surface area (Å²) >= 11 is 1.49. The predicted molar refractivity (Wildman–Crippen MR) is 87.5 cm³/mol. The first-order chi connectivity index (χ1) is 10.5. The second-order valence-electron chi connectivity index (χ2n) is 5.16. The van der Waals surface area contributed by atoms with E-state index in [1.54, 1.807) is 6.08 Å². The number of amides is 1. The number of rotatable bonds is 6. The second-order valence-corrected chi connectivity index (χ2v) is 6.22. The fraction of sp³-hybridized carbons (Fsp3) is 0.312. The highest BCUT2D eigenvalue weighted by Gasteiger charge is 2.06. The number of thiazole rings is 1. The van der Waals surface area contributed by atoms with Gasteiger partial charge < -0.3 is 10.1 Å². The zero-order valence-electron chi connectivity index (χ0n) is 12.5. The van der Waals surface area contributed by atoms with Gasteiger partial charge in [-0.05, 0) is 24.1 Å². The molecule has 6 heteroatoms. The Morgan fingerprint density at radius 1 is 1.36 bits per heavy atom. The third-order valence-electron chi connectivity index (χ3n) is 2.73. The fourth-order valence-corrected chi connectivity index (χ4v) is 2.52. The van der Waals surface area contributed by atoms with Crippen molar-refractivity contribution in [2.45, 2.75) is 13.8 Å². The topological polar surface area (TPSA) is 68.3 Å². The smallest absolute Gasteiger partial charge is 0.331 e. The number of benzene rings is 1. The SMILES string of the molecule is CC(C)CNC(=O)COC(=O)/C=C/c1nc2ccccc2s1. The van der Waals surface area contributed by atoms with E-state index in [-0.39, 0.29) is 12.5 Å². The molecule has 0 bridgehead atoms. The Kier molecular flexibility index (Phi) is 5.66. The largest absolute Gasteiger partial charge is 0.452 e. The number of carbonyl (C=O) groups excluding carboxylic acids is 2. The van der Waals surface area contributed by atoms with Crippen LogP contribution < -0.4 is 5.32 Å². The lowest BCUT2D eigenvalue weighted by atomic mass is 10.2. The van der Waals surface area contributed by atoms with Crippen LogP contribution in [0.1, 0.15) is 18.9 Å². The number of hydrogen-bond donors (Lipinski definition) is 1. The summed E-state index contributed by atoms with van der Waals surface area (Å²) in [6.07, 6.45) is 2.88. The molecule has 0 spiro atoms. The van der Waals surface area contributed by atoms with Crippen molar-refractivity contribution in [2.24, 2.45) is 5.92 Å². The van der Waals surface area contributed by atoms with Crippen LogP contribution in [0.15, 0.2) is 30.3 Å². The lowest BCUT2D eigenvalue weighted by Gasteiger charge is -2.07. The van der Waals surface area contributed by atoms with Gasteiger partial charge >= 0.3 is 5.97 Å². The molecule has 0 fully saturated rings. The summed E-state index contributed by atoms with van der Waals surface area (Å²) in [5, 5.41) is 3.40. The van der Waals surface area contributed by atoms with Crippen molar-refractivity contribution in [1.82, 2.24) is 10.3 Å². The summed E-state index contributed by atoms with van der Waals surface area (Å²) in [5.41, 5.74) is 0.897. The van der Waals surface area contributed by atoms with Crippen molar-refractivity contribution < 1.29 is 14.3 Å². The van der Waals surface area contributed by atoms with Crippen LogP contribution >= 0.6 is 11.3 Å². The monoisotopic (exact) mass is 318 g/mol. The first kappa shape index (κ1) is 16.2. The van der Waals surface area contributed by atoms with Crippen LogP contribution in [0.4, 0.5) is 0 Å². The number of ether oxygens (including phenoxy) is 1. The van der Waals surface area contributed by atoms with Crippen LogP contribution in [0.2, 0.25) is 0 Å². The van der Waals surface area contributed by atoms with E-state index in [4.69, 9.17) is 4.74 Å². The van der Waals surface area contributed by atoms with Gasteiger partial charge in [-0.15, -0.1) is 11.3 Å². The van der Waals surface area contributed by atoms with Gasteiger partial charge in [0.1, 0.15) is 5.01 Å². The first-order valence-corrected chi connectivity index (χ1v) is 7.83. The Bertz CT molecular complexity index is 659. The molecule has 1 heterocycles. The number of para-hydroxylation sites is 1. The van der Waals surface area contributed by atoms with Gasteiger partial charge in [0.25, 0.3) is 5.91 Å². The molecule has 2 rings (SSSR count). The van der Waals surface area contributed by atoms with Gasteiger partial charge in [-0.1, -0.05) is 26.0 Å². The lowest BCUT2D eigenvalue weighted by Crippen LogP contribution is -2.31. The van der Waals surface area contributed by atoms with Crippen molar-refractivity contribution in [2.75, 3.05) is 13.2 Å². The highest BCUT2D eigenvalue weighted by molar-refractivity contribution is 7.19. The molecule has 1 aromatic heterocycles. The minimum atomic E-state index is -0.557. The molecule has 0 aliphatic heterocycles. The average Bonchev–Trinajstić information content (AvgIpc) is 2.91. The molecule has 2 aromatic rings.